The van der Waals surface area contributed by atoms with Gasteiger partial charge in [-0.05, 0) is 41.3 Å². The fraction of sp³-hybridized carbons (Fsp3) is 0.190. The molecule has 0 unspecified atom stereocenters. The second-order valence-corrected chi connectivity index (χ2v) is 8.19. The molecule has 0 heterocycles. The lowest BCUT2D eigenvalue weighted by molar-refractivity contribution is -0.116. The Labute approximate surface area is 175 Å². The normalized spacial score (nSPS) is 21.6. The van der Waals surface area contributed by atoms with Gasteiger partial charge in [0.15, 0.2) is 5.78 Å². The molecule has 2 aliphatic carbocycles. The van der Waals surface area contributed by atoms with Crippen molar-refractivity contribution >= 4 is 57.1 Å². The number of benzene rings is 2. The van der Waals surface area contributed by atoms with Crippen LogP contribution in [0.4, 0.5) is 0 Å². The number of aliphatic hydroxyl groups excluding tert-OH is 1. The first-order valence-corrected chi connectivity index (χ1v) is 10.6. The predicted octanol–water partition coefficient (Wildman–Crippen LogP) is 6.64. The number of aliphatic hydroxyl groups is 1. The van der Waals surface area contributed by atoms with Crippen molar-refractivity contribution in [3.05, 3.63) is 75.5 Å². The summed E-state index contributed by atoms with van der Waals surface area (Å²) in [4.78, 5) is 12.9. The van der Waals surface area contributed by atoms with Gasteiger partial charge in [0.05, 0.1) is 5.57 Å². The Balaban J connectivity index is 1.89. The molecule has 2 aromatic carbocycles. The van der Waals surface area contributed by atoms with Gasteiger partial charge < -0.3 is 5.11 Å². The number of carbonyl (C=O) groups excluding carboxylic acids is 1. The maximum atomic E-state index is 12.9. The van der Waals surface area contributed by atoms with Crippen LogP contribution < -0.4 is 0 Å². The van der Waals surface area contributed by atoms with E-state index in [2.05, 4.69) is 22.6 Å². The van der Waals surface area contributed by atoms with Gasteiger partial charge in [-0.2, -0.15) is 0 Å². The van der Waals surface area contributed by atoms with Crippen molar-refractivity contribution in [1.29, 1.82) is 0 Å². The van der Waals surface area contributed by atoms with Crippen LogP contribution >= 0.6 is 45.8 Å². The maximum absolute atomic E-state index is 12.9. The van der Waals surface area contributed by atoms with E-state index >= 15 is 0 Å². The summed E-state index contributed by atoms with van der Waals surface area (Å²) in [6, 6.07) is 11.3. The SMILES string of the molecule is O=C1C(c2cc(-c3ccc(Cl)cc3Cl)ccc2CI)=C(O)[C@H]2C=C[C@@H]1C2. The van der Waals surface area contributed by atoms with Crippen molar-refractivity contribution in [1.82, 2.24) is 0 Å². The average Bonchev–Trinajstić information content (AvgIpc) is 3.07. The number of allylic oxidation sites excluding steroid dienone is 3. The highest BCUT2D eigenvalue weighted by molar-refractivity contribution is 14.1. The largest absolute Gasteiger partial charge is 0.511 e. The van der Waals surface area contributed by atoms with E-state index in [1.165, 1.54) is 0 Å². The van der Waals surface area contributed by atoms with E-state index in [1.807, 2.05) is 36.4 Å². The molecule has 2 aromatic rings. The number of fused-ring (bicyclic) bond motifs is 2. The zero-order valence-electron chi connectivity index (χ0n) is 13.7. The number of halogens is 3. The Morgan fingerprint density at radius 2 is 1.81 bits per heavy atom. The number of rotatable bonds is 3. The summed E-state index contributed by atoms with van der Waals surface area (Å²) in [6.45, 7) is 0. The molecular formula is C21H15Cl2IO2. The zero-order chi connectivity index (χ0) is 18.4. The maximum Gasteiger partial charge on any atom is 0.173 e. The molecule has 0 saturated carbocycles. The van der Waals surface area contributed by atoms with Crippen LogP contribution in [0.3, 0.4) is 0 Å². The van der Waals surface area contributed by atoms with Gasteiger partial charge in [-0.3, -0.25) is 4.79 Å². The first-order chi connectivity index (χ1) is 12.5. The molecule has 0 aliphatic heterocycles. The highest BCUT2D eigenvalue weighted by Gasteiger charge is 2.38. The minimum Gasteiger partial charge on any atom is -0.511 e. The second-order valence-electron chi connectivity index (χ2n) is 6.59. The van der Waals surface area contributed by atoms with Crippen molar-refractivity contribution in [3.8, 4) is 11.1 Å². The van der Waals surface area contributed by atoms with Crippen LogP contribution in [0.2, 0.25) is 10.0 Å². The smallest absolute Gasteiger partial charge is 0.173 e. The van der Waals surface area contributed by atoms with Gasteiger partial charge in [-0.25, -0.2) is 0 Å². The van der Waals surface area contributed by atoms with E-state index in [4.69, 9.17) is 23.2 Å². The fourth-order valence-corrected chi connectivity index (χ4v) is 4.86. The van der Waals surface area contributed by atoms with Gasteiger partial charge in [-0.1, -0.05) is 76.1 Å². The number of carbonyl (C=O) groups is 1. The Morgan fingerprint density at radius 1 is 1.04 bits per heavy atom. The van der Waals surface area contributed by atoms with Gasteiger partial charge in [0, 0.05) is 31.9 Å². The molecule has 132 valence electrons. The van der Waals surface area contributed by atoms with Gasteiger partial charge in [-0.15, -0.1) is 0 Å². The van der Waals surface area contributed by atoms with Gasteiger partial charge >= 0.3 is 0 Å². The number of Topliss-reactive ketones (excluding diaryl/α,β-unsaturated/α-hetero) is 1. The lowest BCUT2D eigenvalue weighted by Gasteiger charge is -2.24. The average molecular weight is 497 g/mol. The molecule has 0 saturated heterocycles. The molecule has 2 atom stereocenters. The molecule has 0 amide bonds. The first kappa shape index (κ1) is 18.1. The molecule has 5 heteroatoms. The molecule has 0 fully saturated rings. The van der Waals surface area contributed by atoms with Gasteiger partial charge in [0.2, 0.25) is 0 Å². The Hall–Kier alpha value is -1.30. The third-order valence-corrected chi connectivity index (χ3v) is 6.41. The molecule has 1 N–H and O–H groups in total. The highest BCUT2D eigenvalue weighted by atomic mass is 127. The van der Waals surface area contributed by atoms with Crippen molar-refractivity contribution in [2.75, 3.05) is 0 Å². The van der Waals surface area contributed by atoms with Crippen LogP contribution in [0.5, 0.6) is 0 Å². The summed E-state index contributed by atoms with van der Waals surface area (Å²) in [7, 11) is 0. The van der Waals surface area contributed by atoms with Crippen molar-refractivity contribution in [3.63, 3.8) is 0 Å². The van der Waals surface area contributed by atoms with Crippen LogP contribution in [0.25, 0.3) is 16.7 Å². The summed E-state index contributed by atoms with van der Waals surface area (Å²) in [6.07, 6.45) is 4.53. The summed E-state index contributed by atoms with van der Waals surface area (Å²) < 4.78 is 0.745. The Morgan fingerprint density at radius 3 is 2.54 bits per heavy atom. The second kappa shape index (κ2) is 7.02. The minimum atomic E-state index is -0.129. The molecule has 0 spiro atoms. The molecule has 2 aliphatic rings. The zero-order valence-corrected chi connectivity index (χ0v) is 17.3. The number of hydrogen-bond donors (Lipinski definition) is 1. The van der Waals surface area contributed by atoms with Crippen LogP contribution in [0.15, 0.2) is 54.3 Å². The lowest BCUT2D eigenvalue weighted by Crippen LogP contribution is -2.22. The number of ketones is 1. The van der Waals surface area contributed by atoms with E-state index in [0.29, 0.717) is 22.0 Å². The van der Waals surface area contributed by atoms with Gasteiger partial charge in [0.1, 0.15) is 5.76 Å². The first-order valence-electron chi connectivity index (χ1n) is 8.30. The van der Waals surface area contributed by atoms with Crippen LogP contribution in [0.1, 0.15) is 17.5 Å². The summed E-state index contributed by atoms with van der Waals surface area (Å²) in [5.74, 6) is -0.00307. The topological polar surface area (TPSA) is 37.3 Å². The summed E-state index contributed by atoms with van der Waals surface area (Å²) >= 11 is 14.6. The van der Waals surface area contributed by atoms with Crippen molar-refractivity contribution < 1.29 is 9.90 Å². The molecule has 4 rings (SSSR count). The van der Waals surface area contributed by atoms with E-state index in [9.17, 15) is 9.90 Å². The summed E-state index contributed by atoms with van der Waals surface area (Å²) in [5, 5.41) is 11.8. The van der Waals surface area contributed by atoms with Crippen molar-refractivity contribution in [2.45, 2.75) is 10.8 Å². The Kier molecular flexibility index (Phi) is 4.88. The molecule has 2 bridgehead atoms. The predicted molar refractivity (Wildman–Crippen MR) is 115 cm³/mol. The number of alkyl halides is 1. The summed E-state index contributed by atoms with van der Waals surface area (Å²) in [5.41, 5.74) is 4.02. The number of hydrogen-bond acceptors (Lipinski definition) is 2. The van der Waals surface area contributed by atoms with E-state index in [1.54, 1.807) is 12.1 Å². The minimum absolute atomic E-state index is 0.00190. The molecular weight excluding hydrogens is 482 g/mol. The van der Waals surface area contributed by atoms with Crippen LogP contribution in [-0.4, -0.2) is 10.9 Å². The third kappa shape index (κ3) is 3.00. The quantitative estimate of drug-likeness (QED) is 0.294. The molecule has 2 nitrogen and oxygen atoms in total. The van der Waals surface area contributed by atoms with E-state index < -0.39 is 0 Å². The standard InChI is InChI=1S/C21H15Cl2IO2/c22-15-5-6-16(18(23)9-15)11-1-4-14(10-24)17(8-11)19-20(25)12-2-3-13(7-12)21(19)26/h1-6,8-9,12-13,25H,7,10H2/t12-,13+/m0/s1. The monoisotopic (exact) mass is 496 g/mol. The van der Waals surface area contributed by atoms with E-state index in [-0.39, 0.29) is 23.4 Å². The van der Waals surface area contributed by atoms with Crippen LogP contribution in [-0.2, 0) is 9.22 Å². The molecule has 0 aromatic heterocycles. The van der Waals surface area contributed by atoms with E-state index in [0.717, 1.165) is 26.7 Å². The third-order valence-electron chi connectivity index (χ3n) is 5.04. The van der Waals surface area contributed by atoms with Gasteiger partial charge in [0.25, 0.3) is 0 Å². The van der Waals surface area contributed by atoms with Crippen LogP contribution in [0, 0.1) is 11.8 Å². The lowest BCUT2D eigenvalue weighted by atomic mass is 9.81. The Bertz CT molecular complexity index is 978. The highest BCUT2D eigenvalue weighted by Crippen LogP contribution is 2.43. The molecule has 0 radical (unpaired) electrons. The molecule has 26 heavy (non-hydrogen) atoms. The fourth-order valence-electron chi connectivity index (χ4n) is 3.68. The van der Waals surface area contributed by atoms with Crippen molar-refractivity contribution in [2.24, 2.45) is 11.8 Å².